The van der Waals surface area contributed by atoms with Crippen LogP contribution >= 0.6 is 0 Å². The van der Waals surface area contributed by atoms with Gasteiger partial charge in [-0.05, 0) is 56.1 Å². The Morgan fingerprint density at radius 2 is 1.80 bits per heavy atom. The predicted molar refractivity (Wildman–Crippen MR) is 93.3 cm³/mol. The van der Waals surface area contributed by atoms with Gasteiger partial charge in [0.05, 0.1) is 17.9 Å². The van der Waals surface area contributed by atoms with E-state index in [1.54, 1.807) is 0 Å². The molecule has 2 fully saturated rings. The lowest BCUT2D eigenvalue weighted by atomic mass is 9.82. The third kappa shape index (κ3) is 3.15. The fourth-order valence-corrected chi connectivity index (χ4v) is 4.59. The molecule has 2 bridgehead atoms. The number of hydrogen-bond donors (Lipinski definition) is 2. The number of nitrogens with one attached hydrogen (secondary N) is 1. The topological polar surface area (TPSA) is 75.6 Å². The fraction of sp³-hybridized carbons (Fsp3) is 0.500. The molecule has 0 radical (unpaired) electrons. The number of carbonyl (C=O) groups excluding carboxylic acids is 1. The number of allylic oxidation sites excluding steroid dienone is 2. The van der Waals surface area contributed by atoms with Gasteiger partial charge in [0.1, 0.15) is 5.75 Å². The second-order valence-corrected chi connectivity index (χ2v) is 7.38. The lowest BCUT2D eigenvalue weighted by Crippen LogP contribution is -2.36. The molecule has 4 atom stereocenters. The van der Waals surface area contributed by atoms with Crippen molar-refractivity contribution in [1.29, 1.82) is 0 Å². The molecule has 4 rings (SSSR count). The second-order valence-electron chi connectivity index (χ2n) is 7.38. The van der Waals surface area contributed by atoms with Crippen LogP contribution in [-0.4, -0.2) is 23.1 Å². The van der Waals surface area contributed by atoms with E-state index < -0.39 is 17.8 Å². The first-order valence-electron chi connectivity index (χ1n) is 9.10. The largest absolute Gasteiger partial charge is 0.490 e. The number of ether oxygens (including phenoxy) is 1. The Hall–Kier alpha value is -2.30. The smallest absolute Gasteiger partial charge is 0.307 e. The fourth-order valence-electron chi connectivity index (χ4n) is 4.59. The Morgan fingerprint density at radius 1 is 1.08 bits per heavy atom. The molecule has 5 nitrogen and oxygen atoms in total. The normalized spacial score (nSPS) is 30.6. The van der Waals surface area contributed by atoms with Crippen LogP contribution < -0.4 is 10.1 Å². The van der Waals surface area contributed by atoms with Crippen LogP contribution in [0.5, 0.6) is 5.75 Å². The molecule has 0 heterocycles. The number of amides is 1. The van der Waals surface area contributed by atoms with Crippen molar-refractivity contribution in [3.05, 3.63) is 36.4 Å². The van der Waals surface area contributed by atoms with Crippen molar-refractivity contribution in [2.24, 2.45) is 23.7 Å². The summed E-state index contributed by atoms with van der Waals surface area (Å²) in [4.78, 5) is 24.3. The molecule has 3 aliphatic rings. The molecular formula is C20H23NO4. The van der Waals surface area contributed by atoms with Gasteiger partial charge < -0.3 is 15.2 Å². The number of aliphatic carboxylic acids is 1. The Labute approximate surface area is 147 Å². The van der Waals surface area contributed by atoms with E-state index in [1.807, 2.05) is 36.4 Å². The van der Waals surface area contributed by atoms with Crippen molar-refractivity contribution in [2.75, 3.05) is 5.32 Å². The highest BCUT2D eigenvalue weighted by Crippen LogP contribution is 2.48. The van der Waals surface area contributed by atoms with Gasteiger partial charge in [-0.3, -0.25) is 9.59 Å². The zero-order valence-electron chi connectivity index (χ0n) is 14.1. The molecule has 0 saturated heterocycles. The molecule has 0 spiro atoms. The first-order valence-corrected chi connectivity index (χ1v) is 9.10. The molecule has 1 amide bonds. The second kappa shape index (κ2) is 6.54. The number of benzene rings is 1. The third-order valence-corrected chi connectivity index (χ3v) is 5.75. The van der Waals surface area contributed by atoms with Gasteiger partial charge >= 0.3 is 5.97 Å². The molecule has 1 aromatic carbocycles. The van der Waals surface area contributed by atoms with Crippen molar-refractivity contribution in [2.45, 2.75) is 38.2 Å². The molecular weight excluding hydrogens is 318 g/mol. The van der Waals surface area contributed by atoms with E-state index in [9.17, 15) is 14.7 Å². The summed E-state index contributed by atoms with van der Waals surface area (Å²) in [6.45, 7) is 0. The van der Waals surface area contributed by atoms with Gasteiger partial charge in [-0.25, -0.2) is 0 Å². The number of carboxylic acid groups (broad SMARTS) is 1. The Balaban J connectivity index is 1.45. The van der Waals surface area contributed by atoms with Gasteiger partial charge in [-0.2, -0.15) is 0 Å². The van der Waals surface area contributed by atoms with Gasteiger partial charge in [0.25, 0.3) is 0 Å². The van der Waals surface area contributed by atoms with Crippen LogP contribution in [0.4, 0.5) is 5.69 Å². The summed E-state index contributed by atoms with van der Waals surface area (Å²) in [6.07, 6.45) is 9.53. The Bertz CT molecular complexity index is 707. The van der Waals surface area contributed by atoms with Crippen LogP contribution in [0.15, 0.2) is 36.4 Å². The molecule has 5 heteroatoms. The predicted octanol–water partition coefficient (Wildman–Crippen LogP) is 3.47. The van der Waals surface area contributed by atoms with E-state index in [2.05, 4.69) is 5.32 Å². The average molecular weight is 341 g/mol. The van der Waals surface area contributed by atoms with Crippen LogP contribution in [0.2, 0.25) is 0 Å². The Morgan fingerprint density at radius 3 is 2.52 bits per heavy atom. The summed E-state index contributed by atoms with van der Waals surface area (Å²) in [5.74, 6) is -1.43. The van der Waals surface area contributed by atoms with Crippen LogP contribution in [0, 0.1) is 23.7 Å². The molecule has 1 aromatic rings. The van der Waals surface area contributed by atoms with Gasteiger partial charge in [-0.1, -0.05) is 18.2 Å². The summed E-state index contributed by atoms with van der Waals surface area (Å²) >= 11 is 0. The zero-order valence-corrected chi connectivity index (χ0v) is 14.1. The SMILES string of the molecule is O=C(O)C1C2C=CC(C2)C1C(=O)Nc1cccc(OC2CCCC2)c1. The number of fused-ring (bicyclic) bond motifs is 2. The summed E-state index contributed by atoms with van der Waals surface area (Å²) in [7, 11) is 0. The van der Waals surface area contributed by atoms with E-state index in [0.717, 1.165) is 25.0 Å². The molecule has 0 aromatic heterocycles. The first kappa shape index (κ1) is 16.2. The van der Waals surface area contributed by atoms with Crippen LogP contribution in [0.25, 0.3) is 0 Å². The number of anilines is 1. The van der Waals surface area contributed by atoms with Crippen molar-refractivity contribution < 1.29 is 19.4 Å². The first-order chi connectivity index (χ1) is 12.1. The zero-order chi connectivity index (χ0) is 17.4. The van der Waals surface area contributed by atoms with Crippen molar-refractivity contribution >= 4 is 17.6 Å². The molecule has 3 aliphatic carbocycles. The van der Waals surface area contributed by atoms with E-state index in [4.69, 9.17) is 4.74 Å². The van der Waals surface area contributed by atoms with Crippen LogP contribution in [-0.2, 0) is 9.59 Å². The number of carbonyl (C=O) groups is 2. The standard InChI is InChI=1S/C20H23NO4/c22-19(17-12-8-9-13(10-12)18(17)20(23)24)21-14-4-3-7-16(11-14)25-15-5-1-2-6-15/h3-4,7-9,11-13,15,17-18H,1-2,5-6,10H2,(H,21,22)(H,23,24). The molecule has 2 N–H and O–H groups in total. The van der Waals surface area contributed by atoms with Crippen molar-refractivity contribution in [1.82, 2.24) is 0 Å². The van der Waals surface area contributed by atoms with E-state index >= 15 is 0 Å². The maximum atomic E-state index is 12.7. The van der Waals surface area contributed by atoms with E-state index in [1.165, 1.54) is 12.8 Å². The maximum Gasteiger partial charge on any atom is 0.307 e. The van der Waals surface area contributed by atoms with Crippen molar-refractivity contribution in [3.8, 4) is 5.75 Å². The number of carboxylic acids is 1. The van der Waals surface area contributed by atoms with Gasteiger partial charge in [0, 0.05) is 11.8 Å². The van der Waals surface area contributed by atoms with Crippen LogP contribution in [0.1, 0.15) is 32.1 Å². The summed E-state index contributed by atoms with van der Waals surface area (Å²) < 4.78 is 5.98. The van der Waals surface area contributed by atoms with E-state index in [0.29, 0.717) is 5.69 Å². The van der Waals surface area contributed by atoms with Crippen LogP contribution in [0.3, 0.4) is 0 Å². The summed E-state index contributed by atoms with van der Waals surface area (Å²) in [6, 6.07) is 7.40. The highest BCUT2D eigenvalue weighted by Gasteiger charge is 2.51. The minimum Gasteiger partial charge on any atom is -0.490 e. The molecule has 4 unspecified atom stereocenters. The third-order valence-electron chi connectivity index (χ3n) is 5.75. The number of rotatable bonds is 5. The summed E-state index contributed by atoms with van der Waals surface area (Å²) in [5.41, 5.74) is 0.663. The number of hydrogen-bond acceptors (Lipinski definition) is 3. The van der Waals surface area contributed by atoms with E-state index in [-0.39, 0.29) is 23.8 Å². The minimum atomic E-state index is -0.879. The quantitative estimate of drug-likeness (QED) is 0.804. The highest BCUT2D eigenvalue weighted by atomic mass is 16.5. The van der Waals surface area contributed by atoms with Gasteiger partial charge in [0.2, 0.25) is 5.91 Å². The Kier molecular flexibility index (Phi) is 4.24. The monoisotopic (exact) mass is 341 g/mol. The van der Waals surface area contributed by atoms with Crippen molar-refractivity contribution in [3.63, 3.8) is 0 Å². The average Bonchev–Trinajstić information content (AvgIpc) is 3.31. The molecule has 132 valence electrons. The van der Waals surface area contributed by atoms with Gasteiger partial charge in [0.15, 0.2) is 0 Å². The molecule has 2 saturated carbocycles. The highest BCUT2D eigenvalue weighted by molar-refractivity contribution is 5.96. The van der Waals surface area contributed by atoms with Gasteiger partial charge in [-0.15, -0.1) is 0 Å². The molecule has 0 aliphatic heterocycles. The maximum absolute atomic E-state index is 12.7. The lowest BCUT2D eigenvalue weighted by Gasteiger charge is -2.24. The lowest BCUT2D eigenvalue weighted by molar-refractivity contribution is -0.146. The minimum absolute atomic E-state index is 0.0183. The molecule has 25 heavy (non-hydrogen) atoms. The summed E-state index contributed by atoms with van der Waals surface area (Å²) in [5, 5.41) is 12.4.